The first-order valence-corrected chi connectivity index (χ1v) is 11.3. The Morgan fingerprint density at radius 3 is 2.65 bits per heavy atom. The van der Waals surface area contributed by atoms with Crippen LogP contribution in [0.1, 0.15) is 36.1 Å². The van der Waals surface area contributed by atoms with Gasteiger partial charge in [0.15, 0.2) is 0 Å². The first-order valence-electron chi connectivity index (χ1n) is 10.4. The van der Waals surface area contributed by atoms with Gasteiger partial charge in [0.25, 0.3) is 5.91 Å². The Balaban J connectivity index is 1.26. The van der Waals surface area contributed by atoms with Gasteiger partial charge >= 0.3 is 6.03 Å². The second kappa shape index (κ2) is 7.49. The largest absolute Gasteiger partial charge is 0.325 e. The van der Waals surface area contributed by atoms with Crippen molar-refractivity contribution in [3.8, 4) is 0 Å². The highest BCUT2D eigenvalue weighted by molar-refractivity contribution is 7.10. The summed E-state index contributed by atoms with van der Waals surface area (Å²) in [6, 6.07) is 8.34. The number of imide groups is 1. The zero-order valence-corrected chi connectivity index (χ0v) is 17.7. The van der Waals surface area contributed by atoms with E-state index in [-0.39, 0.29) is 18.4 Å². The van der Waals surface area contributed by atoms with E-state index in [0.717, 1.165) is 40.3 Å². The van der Waals surface area contributed by atoms with Crippen LogP contribution in [0.3, 0.4) is 0 Å². The van der Waals surface area contributed by atoms with Crippen LogP contribution in [-0.2, 0) is 26.3 Å². The number of benzene rings is 1. The van der Waals surface area contributed by atoms with Crippen molar-refractivity contribution in [2.24, 2.45) is 0 Å². The molecule has 2 saturated heterocycles. The van der Waals surface area contributed by atoms with Gasteiger partial charge in [-0.25, -0.2) is 4.79 Å². The van der Waals surface area contributed by atoms with E-state index in [0.29, 0.717) is 25.1 Å². The van der Waals surface area contributed by atoms with Gasteiger partial charge in [0.1, 0.15) is 12.1 Å². The first kappa shape index (κ1) is 19.7. The van der Waals surface area contributed by atoms with Crippen LogP contribution in [0.25, 0.3) is 0 Å². The van der Waals surface area contributed by atoms with Crippen molar-refractivity contribution in [1.82, 2.24) is 10.2 Å². The Morgan fingerprint density at radius 1 is 1.10 bits per heavy atom. The number of urea groups is 1. The van der Waals surface area contributed by atoms with Crippen molar-refractivity contribution in [3.05, 3.63) is 46.2 Å². The monoisotopic (exact) mass is 438 g/mol. The normalized spacial score (nSPS) is 22.8. The van der Waals surface area contributed by atoms with Gasteiger partial charge in [-0.2, -0.15) is 0 Å². The van der Waals surface area contributed by atoms with E-state index in [1.54, 1.807) is 40.5 Å². The van der Waals surface area contributed by atoms with Crippen LogP contribution in [0.15, 0.2) is 35.7 Å². The standard InChI is InChI=1S/C22H22N4O4S/c27-18(23-14-5-7-15(8-6-14)25-11-2-4-19(25)28)13-26-20(29)22(24-21(26)30)10-1-3-17-16(22)9-12-31-17/h5-9,12H,1-4,10-11,13H2,(H,23,27)(H,24,30)/t22-/m0/s1. The minimum Gasteiger partial charge on any atom is -0.325 e. The second-order valence-electron chi connectivity index (χ2n) is 8.08. The Morgan fingerprint density at radius 2 is 1.90 bits per heavy atom. The minimum absolute atomic E-state index is 0.0979. The fourth-order valence-corrected chi connectivity index (χ4v) is 5.67. The number of thiophene rings is 1. The maximum Gasteiger partial charge on any atom is 0.325 e. The molecule has 1 aliphatic carbocycles. The third kappa shape index (κ3) is 3.29. The molecule has 1 atom stereocenters. The summed E-state index contributed by atoms with van der Waals surface area (Å²) in [4.78, 5) is 54.0. The molecular formula is C22H22N4O4S. The van der Waals surface area contributed by atoms with Gasteiger partial charge in [0, 0.05) is 34.8 Å². The molecule has 5 rings (SSSR count). The molecule has 0 radical (unpaired) electrons. The van der Waals surface area contributed by atoms with Gasteiger partial charge < -0.3 is 15.5 Å². The summed E-state index contributed by atoms with van der Waals surface area (Å²) in [5.74, 6) is -0.720. The number of hydrogen-bond acceptors (Lipinski definition) is 5. The molecule has 9 heteroatoms. The number of amides is 5. The quantitative estimate of drug-likeness (QED) is 0.717. The van der Waals surface area contributed by atoms with Gasteiger partial charge in [-0.15, -0.1) is 11.3 Å². The number of anilines is 2. The number of rotatable bonds is 4. The predicted molar refractivity (Wildman–Crippen MR) is 116 cm³/mol. The van der Waals surface area contributed by atoms with Crippen LogP contribution < -0.4 is 15.5 Å². The summed E-state index contributed by atoms with van der Waals surface area (Å²) < 4.78 is 0. The Kier molecular flexibility index (Phi) is 4.77. The zero-order valence-electron chi connectivity index (χ0n) is 16.8. The van der Waals surface area contributed by atoms with E-state index in [1.807, 2.05) is 11.4 Å². The smallest absolute Gasteiger partial charge is 0.325 e. The fraction of sp³-hybridized carbons (Fsp3) is 0.364. The Hall–Kier alpha value is -3.20. The first-order chi connectivity index (χ1) is 15.0. The lowest BCUT2D eigenvalue weighted by Crippen LogP contribution is -2.46. The molecule has 0 saturated carbocycles. The highest BCUT2D eigenvalue weighted by Crippen LogP contribution is 2.42. The van der Waals surface area contributed by atoms with Crippen LogP contribution in [0, 0.1) is 0 Å². The van der Waals surface area contributed by atoms with E-state index < -0.39 is 17.5 Å². The van der Waals surface area contributed by atoms with E-state index in [1.165, 1.54) is 0 Å². The number of nitrogens with one attached hydrogen (secondary N) is 2. The number of nitrogens with zero attached hydrogens (tertiary/aromatic N) is 2. The van der Waals surface area contributed by atoms with Crippen molar-refractivity contribution >= 4 is 46.5 Å². The maximum absolute atomic E-state index is 13.2. The van der Waals surface area contributed by atoms with Gasteiger partial charge in [0.2, 0.25) is 11.8 Å². The van der Waals surface area contributed by atoms with Crippen LogP contribution in [-0.4, -0.2) is 41.7 Å². The number of hydrogen-bond donors (Lipinski definition) is 2. The summed E-state index contributed by atoms with van der Waals surface area (Å²) in [5, 5.41) is 7.52. The second-order valence-corrected chi connectivity index (χ2v) is 9.08. The van der Waals surface area contributed by atoms with Crippen LogP contribution >= 0.6 is 11.3 Å². The Bertz CT molecular complexity index is 1080. The van der Waals surface area contributed by atoms with E-state index in [9.17, 15) is 19.2 Å². The van der Waals surface area contributed by atoms with Crippen molar-refractivity contribution in [2.45, 2.75) is 37.6 Å². The molecule has 3 heterocycles. The lowest BCUT2D eigenvalue weighted by Gasteiger charge is -2.31. The molecule has 2 N–H and O–H groups in total. The lowest BCUT2D eigenvalue weighted by atomic mass is 9.80. The number of carbonyl (C=O) groups is 4. The van der Waals surface area contributed by atoms with Gasteiger partial charge in [0.05, 0.1) is 0 Å². The maximum atomic E-state index is 13.2. The van der Waals surface area contributed by atoms with E-state index in [2.05, 4.69) is 10.6 Å². The molecule has 0 bridgehead atoms. The third-order valence-electron chi connectivity index (χ3n) is 6.17. The van der Waals surface area contributed by atoms with Crippen molar-refractivity contribution < 1.29 is 19.2 Å². The molecular weight excluding hydrogens is 416 g/mol. The summed E-state index contributed by atoms with van der Waals surface area (Å²) in [5.41, 5.74) is 1.15. The summed E-state index contributed by atoms with van der Waals surface area (Å²) in [7, 11) is 0. The number of aryl methyl sites for hydroxylation is 1. The lowest BCUT2D eigenvalue weighted by molar-refractivity contribution is -0.134. The van der Waals surface area contributed by atoms with Crippen molar-refractivity contribution in [2.75, 3.05) is 23.3 Å². The SMILES string of the molecule is O=C(CN1C(=O)N[C@]2(CCCc3sccc32)C1=O)Nc1ccc(N2CCCC2=O)cc1. The molecule has 1 aromatic carbocycles. The molecule has 160 valence electrons. The van der Waals surface area contributed by atoms with Crippen LogP contribution in [0.2, 0.25) is 0 Å². The van der Waals surface area contributed by atoms with Crippen LogP contribution in [0.5, 0.6) is 0 Å². The topological polar surface area (TPSA) is 98.8 Å². The molecule has 2 aliphatic heterocycles. The zero-order chi connectivity index (χ0) is 21.6. The van der Waals surface area contributed by atoms with Gasteiger partial charge in [-0.3, -0.25) is 19.3 Å². The van der Waals surface area contributed by atoms with Crippen molar-refractivity contribution in [1.29, 1.82) is 0 Å². The minimum atomic E-state index is -1.05. The summed E-state index contributed by atoms with van der Waals surface area (Å²) in [6.45, 7) is 0.350. The highest BCUT2D eigenvalue weighted by atomic mass is 32.1. The average molecular weight is 439 g/mol. The molecule has 5 amide bonds. The molecule has 8 nitrogen and oxygen atoms in total. The average Bonchev–Trinajstić information content (AvgIpc) is 3.46. The molecule has 2 aromatic rings. The highest BCUT2D eigenvalue weighted by Gasteiger charge is 2.54. The number of carbonyl (C=O) groups excluding carboxylic acids is 4. The molecule has 3 aliphatic rings. The molecule has 2 fully saturated rings. The molecule has 1 aromatic heterocycles. The molecule has 0 unspecified atom stereocenters. The summed E-state index contributed by atoms with van der Waals surface area (Å²) >= 11 is 1.59. The molecule has 1 spiro atoms. The van der Waals surface area contributed by atoms with E-state index in [4.69, 9.17) is 0 Å². The Labute approximate surface area is 183 Å². The predicted octanol–water partition coefficient (Wildman–Crippen LogP) is 2.60. The van der Waals surface area contributed by atoms with Gasteiger partial charge in [-0.1, -0.05) is 0 Å². The van der Waals surface area contributed by atoms with Gasteiger partial charge in [-0.05, 0) is 61.4 Å². The summed E-state index contributed by atoms with van der Waals surface area (Å²) in [6.07, 6.45) is 3.65. The van der Waals surface area contributed by atoms with Crippen LogP contribution in [0.4, 0.5) is 16.2 Å². The fourth-order valence-electron chi connectivity index (χ4n) is 4.67. The molecule has 31 heavy (non-hydrogen) atoms. The van der Waals surface area contributed by atoms with Crippen molar-refractivity contribution in [3.63, 3.8) is 0 Å². The van der Waals surface area contributed by atoms with E-state index >= 15 is 0 Å². The number of fused-ring (bicyclic) bond motifs is 2. The third-order valence-corrected chi connectivity index (χ3v) is 7.16.